The number of nitrogens with zero attached hydrogens (tertiary/aromatic N) is 2. The zero-order chi connectivity index (χ0) is 14.9. The van der Waals surface area contributed by atoms with Crippen LogP contribution in [0.15, 0.2) is 4.79 Å². The van der Waals surface area contributed by atoms with Gasteiger partial charge in [0.05, 0.1) is 11.6 Å². The third-order valence-electron chi connectivity index (χ3n) is 3.74. The molecule has 7 heteroatoms. The zero-order valence-corrected chi connectivity index (χ0v) is 11.5. The van der Waals surface area contributed by atoms with Crippen molar-refractivity contribution < 1.29 is 14.7 Å². The van der Waals surface area contributed by atoms with Gasteiger partial charge in [0, 0.05) is 13.1 Å². The first-order valence-electron chi connectivity index (χ1n) is 6.49. The van der Waals surface area contributed by atoms with Crippen LogP contribution in [0.1, 0.15) is 34.5 Å². The Morgan fingerprint density at radius 1 is 1.40 bits per heavy atom. The molecule has 1 fully saturated rings. The molecule has 1 aromatic rings. The molecule has 1 aliphatic rings. The first-order valence-corrected chi connectivity index (χ1v) is 6.49. The number of piperidine rings is 1. The number of rotatable bonds is 2. The molecule has 0 aliphatic carbocycles. The van der Waals surface area contributed by atoms with Crippen molar-refractivity contribution in [2.45, 2.75) is 26.7 Å². The molecule has 0 spiro atoms. The van der Waals surface area contributed by atoms with Gasteiger partial charge in [-0.3, -0.25) is 14.4 Å². The maximum absolute atomic E-state index is 12.4. The first kappa shape index (κ1) is 14.2. The van der Waals surface area contributed by atoms with Gasteiger partial charge in [-0.1, -0.05) is 0 Å². The van der Waals surface area contributed by atoms with Gasteiger partial charge in [0.2, 0.25) is 0 Å². The van der Waals surface area contributed by atoms with Crippen molar-refractivity contribution in [1.82, 2.24) is 15.1 Å². The number of aliphatic carboxylic acids is 1. The Kier molecular flexibility index (Phi) is 3.87. The number of nitrogens with one attached hydrogen (secondary N) is 1. The van der Waals surface area contributed by atoms with E-state index in [0.717, 1.165) is 0 Å². The standard InChI is InChI=1S/C13H17N3O4/c1-7-8(2)14-15-11(17)10(7)12(18)16-5-3-4-9(6-16)13(19)20/h9H,3-6H2,1-2H3,(H,15,17)(H,19,20)/t9-/m0/s1. The van der Waals surface area contributed by atoms with E-state index in [4.69, 9.17) is 5.11 Å². The van der Waals surface area contributed by atoms with Gasteiger partial charge in [-0.05, 0) is 32.3 Å². The van der Waals surface area contributed by atoms with Crippen LogP contribution in [-0.4, -0.2) is 45.2 Å². The molecule has 1 aromatic heterocycles. The van der Waals surface area contributed by atoms with Crippen LogP contribution < -0.4 is 5.56 Å². The number of carboxylic acid groups (broad SMARTS) is 1. The molecule has 0 bridgehead atoms. The number of aromatic nitrogens is 2. The highest BCUT2D eigenvalue weighted by Gasteiger charge is 2.30. The van der Waals surface area contributed by atoms with Crippen LogP contribution in [0.2, 0.25) is 0 Å². The van der Waals surface area contributed by atoms with Crippen molar-refractivity contribution in [2.24, 2.45) is 5.92 Å². The Morgan fingerprint density at radius 2 is 2.10 bits per heavy atom. The number of carbonyl (C=O) groups excluding carboxylic acids is 1. The summed E-state index contributed by atoms with van der Waals surface area (Å²) in [4.78, 5) is 36.7. The van der Waals surface area contributed by atoms with Gasteiger partial charge in [-0.15, -0.1) is 0 Å². The number of amides is 1. The molecule has 20 heavy (non-hydrogen) atoms. The molecular formula is C13H17N3O4. The number of carboxylic acids is 1. The number of likely N-dealkylation sites (tertiary alicyclic amines) is 1. The highest BCUT2D eigenvalue weighted by Crippen LogP contribution is 2.19. The van der Waals surface area contributed by atoms with Crippen molar-refractivity contribution in [3.05, 3.63) is 27.2 Å². The van der Waals surface area contributed by atoms with Gasteiger partial charge < -0.3 is 10.0 Å². The first-order chi connectivity index (χ1) is 9.41. The molecule has 7 nitrogen and oxygen atoms in total. The molecule has 2 heterocycles. The zero-order valence-electron chi connectivity index (χ0n) is 11.5. The molecule has 1 aliphatic heterocycles. The van der Waals surface area contributed by atoms with Gasteiger partial charge in [0.25, 0.3) is 11.5 Å². The largest absolute Gasteiger partial charge is 0.481 e. The summed E-state index contributed by atoms with van der Waals surface area (Å²) >= 11 is 0. The molecule has 1 saturated heterocycles. The molecule has 0 saturated carbocycles. The summed E-state index contributed by atoms with van der Waals surface area (Å²) in [5.74, 6) is -1.88. The summed E-state index contributed by atoms with van der Waals surface area (Å²) in [6.45, 7) is 4.00. The lowest BCUT2D eigenvalue weighted by molar-refractivity contribution is -0.143. The van der Waals surface area contributed by atoms with Crippen LogP contribution in [0, 0.1) is 19.8 Å². The molecule has 1 amide bonds. The third-order valence-corrected chi connectivity index (χ3v) is 3.74. The maximum atomic E-state index is 12.4. The predicted molar refractivity (Wildman–Crippen MR) is 70.6 cm³/mol. The van der Waals surface area contributed by atoms with E-state index in [1.165, 1.54) is 4.90 Å². The highest BCUT2D eigenvalue weighted by molar-refractivity contribution is 5.95. The number of hydrogen-bond donors (Lipinski definition) is 2. The smallest absolute Gasteiger partial charge is 0.308 e. The summed E-state index contributed by atoms with van der Waals surface area (Å²) in [5, 5.41) is 15.1. The van der Waals surface area contributed by atoms with Crippen LogP contribution in [0.4, 0.5) is 0 Å². The van der Waals surface area contributed by atoms with E-state index in [1.807, 2.05) is 0 Å². The molecule has 2 rings (SSSR count). The van der Waals surface area contributed by atoms with E-state index in [2.05, 4.69) is 10.2 Å². The predicted octanol–water partition coefficient (Wildman–Crippen LogP) is 0.324. The number of hydrogen-bond acceptors (Lipinski definition) is 4. The fourth-order valence-corrected chi connectivity index (χ4v) is 2.40. The molecule has 1 atom stereocenters. The van der Waals surface area contributed by atoms with E-state index < -0.39 is 23.4 Å². The van der Waals surface area contributed by atoms with E-state index in [1.54, 1.807) is 13.8 Å². The Hall–Kier alpha value is -2.18. The second-order valence-electron chi connectivity index (χ2n) is 5.07. The highest BCUT2D eigenvalue weighted by atomic mass is 16.4. The van der Waals surface area contributed by atoms with Crippen LogP contribution >= 0.6 is 0 Å². The van der Waals surface area contributed by atoms with Gasteiger partial charge in [-0.2, -0.15) is 5.10 Å². The number of aryl methyl sites for hydroxylation is 1. The lowest BCUT2D eigenvalue weighted by Gasteiger charge is -2.30. The Bertz CT molecular complexity index is 608. The van der Waals surface area contributed by atoms with Gasteiger partial charge in [0.1, 0.15) is 5.56 Å². The van der Waals surface area contributed by atoms with Crippen LogP contribution in [0.25, 0.3) is 0 Å². The van der Waals surface area contributed by atoms with E-state index >= 15 is 0 Å². The normalized spacial score (nSPS) is 18.9. The second kappa shape index (κ2) is 5.44. The van der Waals surface area contributed by atoms with E-state index in [0.29, 0.717) is 30.6 Å². The molecular weight excluding hydrogens is 262 g/mol. The number of H-pyrrole nitrogens is 1. The van der Waals surface area contributed by atoms with Gasteiger partial charge in [-0.25, -0.2) is 5.10 Å². The van der Waals surface area contributed by atoms with Gasteiger partial charge in [0.15, 0.2) is 0 Å². The van der Waals surface area contributed by atoms with Crippen molar-refractivity contribution in [3.8, 4) is 0 Å². The quantitative estimate of drug-likeness (QED) is 0.811. The summed E-state index contributed by atoms with van der Waals surface area (Å²) in [6, 6.07) is 0. The summed E-state index contributed by atoms with van der Waals surface area (Å²) < 4.78 is 0. The Morgan fingerprint density at radius 3 is 2.75 bits per heavy atom. The lowest BCUT2D eigenvalue weighted by Crippen LogP contribution is -2.44. The van der Waals surface area contributed by atoms with E-state index in [9.17, 15) is 14.4 Å². The lowest BCUT2D eigenvalue weighted by atomic mass is 9.97. The van der Waals surface area contributed by atoms with Crippen LogP contribution in [-0.2, 0) is 4.79 Å². The minimum absolute atomic E-state index is 0.0588. The SMILES string of the molecule is Cc1n[nH]c(=O)c(C(=O)N2CCC[C@H](C(=O)O)C2)c1C. The van der Waals surface area contributed by atoms with E-state index in [-0.39, 0.29) is 12.1 Å². The van der Waals surface area contributed by atoms with Crippen molar-refractivity contribution in [3.63, 3.8) is 0 Å². The maximum Gasteiger partial charge on any atom is 0.308 e. The number of carbonyl (C=O) groups is 2. The average Bonchev–Trinajstić information content (AvgIpc) is 2.43. The number of aromatic amines is 1. The van der Waals surface area contributed by atoms with Crippen LogP contribution in [0.5, 0.6) is 0 Å². The molecule has 108 valence electrons. The fraction of sp³-hybridized carbons (Fsp3) is 0.538. The molecule has 0 aromatic carbocycles. The van der Waals surface area contributed by atoms with Crippen molar-refractivity contribution in [2.75, 3.05) is 13.1 Å². The second-order valence-corrected chi connectivity index (χ2v) is 5.07. The molecule has 2 N–H and O–H groups in total. The minimum atomic E-state index is -0.904. The average molecular weight is 279 g/mol. The minimum Gasteiger partial charge on any atom is -0.481 e. The summed E-state index contributed by atoms with van der Waals surface area (Å²) in [5.41, 5.74) is 0.648. The van der Waals surface area contributed by atoms with Gasteiger partial charge >= 0.3 is 5.97 Å². The summed E-state index contributed by atoms with van der Waals surface area (Å²) in [6.07, 6.45) is 1.19. The molecule has 0 radical (unpaired) electrons. The monoisotopic (exact) mass is 279 g/mol. The van der Waals surface area contributed by atoms with Crippen LogP contribution in [0.3, 0.4) is 0 Å². The van der Waals surface area contributed by atoms with Crippen molar-refractivity contribution in [1.29, 1.82) is 0 Å². The van der Waals surface area contributed by atoms with Crippen molar-refractivity contribution >= 4 is 11.9 Å². The third kappa shape index (κ3) is 2.56. The fourth-order valence-electron chi connectivity index (χ4n) is 2.40. The molecule has 0 unspecified atom stereocenters. The Balaban J connectivity index is 2.30. The topological polar surface area (TPSA) is 103 Å². The summed E-state index contributed by atoms with van der Waals surface area (Å²) in [7, 11) is 0. The Labute approximate surface area is 115 Å².